The van der Waals surface area contributed by atoms with Gasteiger partial charge in [-0.3, -0.25) is 14.5 Å². The molecule has 4 aromatic rings. The lowest BCUT2D eigenvalue weighted by atomic mass is 10.1. The van der Waals surface area contributed by atoms with Gasteiger partial charge in [-0.1, -0.05) is 18.2 Å². The number of nitrogen functional groups attached to an aromatic ring is 1. The first-order valence-electron chi connectivity index (χ1n) is 9.33. The van der Waals surface area contributed by atoms with Gasteiger partial charge in [0.2, 0.25) is 0 Å². The number of nitrogens with zero attached hydrogens (tertiary/aromatic N) is 4. The first kappa shape index (κ1) is 18.6. The van der Waals surface area contributed by atoms with Gasteiger partial charge in [-0.2, -0.15) is 5.10 Å². The van der Waals surface area contributed by atoms with Crippen LogP contribution in [-0.2, 0) is 13.0 Å². The zero-order chi connectivity index (χ0) is 20.5. The normalized spacial score (nSPS) is 11.1. The third-order valence-electron chi connectivity index (χ3n) is 4.92. The largest absolute Gasteiger partial charge is 0.384 e. The number of hydrogen-bond acceptors (Lipinski definition) is 5. The highest BCUT2D eigenvalue weighted by Crippen LogP contribution is 2.19. The Bertz CT molecular complexity index is 1230. The smallest absolute Gasteiger partial charge is 0.252 e. The summed E-state index contributed by atoms with van der Waals surface area (Å²) in [4.78, 5) is 20.8. The van der Waals surface area contributed by atoms with Crippen molar-refractivity contribution in [3.8, 4) is 0 Å². The van der Waals surface area contributed by atoms with Crippen LogP contribution in [0.1, 0.15) is 38.6 Å². The van der Waals surface area contributed by atoms with Crippen LogP contribution in [0, 0.1) is 13.8 Å². The zero-order valence-corrected chi connectivity index (χ0v) is 16.4. The molecule has 0 saturated carbocycles. The molecule has 0 bridgehead atoms. The molecule has 3 aromatic heterocycles. The van der Waals surface area contributed by atoms with Gasteiger partial charge in [0.15, 0.2) is 0 Å². The Labute approximate surface area is 168 Å². The molecular weight excluding hydrogens is 364 g/mol. The summed E-state index contributed by atoms with van der Waals surface area (Å²) in [5, 5.41) is 5.69. The highest BCUT2D eigenvalue weighted by molar-refractivity contribution is 5.93. The van der Waals surface area contributed by atoms with Crippen molar-refractivity contribution < 1.29 is 4.79 Å². The van der Waals surface area contributed by atoms with Crippen LogP contribution in [0.15, 0.2) is 48.7 Å². The molecule has 0 unspecified atom stereocenters. The van der Waals surface area contributed by atoms with E-state index in [0.717, 1.165) is 33.4 Å². The van der Waals surface area contributed by atoms with Crippen molar-refractivity contribution in [3.63, 3.8) is 0 Å². The van der Waals surface area contributed by atoms with Gasteiger partial charge < -0.3 is 11.5 Å². The fourth-order valence-electron chi connectivity index (χ4n) is 3.42. The van der Waals surface area contributed by atoms with E-state index in [9.17, 15) is 4.79 Å². The molecule has 3 heterocycles. The van der Waals surface area contributed by atoms with Crippen molar-refractivity contribution in [2.45, 2.75) is 26.8 Å². The molecule has 0 aliphatic carbocycles. The summed E-state index contributed by atoms with van der Waals surface area (Å²) in [6.45, 7) is 4.39. The predicted octanol–water partition coefficient (Wildman–Crippen LogP) is 2.76. The fraction of sp³-hybridized carbons (Fsp3) is 0.182. The average Bonchev–Trinajstić information content (AvgIpc) is 3.07. The second kappa shape index (κ2) is 7.35. The van der Waals surface area contributed by atoms with Crippen LogP contribution in [0.4, 0.5) is 5.82 Å². The van der Waals surface area contributed by atoms with Gasteiger partial charge in [-0.05, 0) is 49.2 Å². The second-order valence-electron chi connectivity index (χ2n) is 7.19. The van der Waals surface area contributed by atoms with Crippen LogP contribution in [0.5, 0.6) is 0 Å². The fourth-order valence-corrected chi connectivity index (χ4v) is 3.42. The monoisotopic (exact) mass is 386 g/mol. The maximum atomic E-state index is 11.9. The molecule has 0 atom stereocenters. The van der Waals surface area contributed by atoms with Crippen molar-refractivity contribution in [2.24, 2.45) is 5.73 Å². The van der Waals surface area contributed by atoms with E-state index >= 15 is 0 Å². The maximum absolute atomic E-state index is 11.9. The van der Waals surface area contributed by atoms with Crippen LogP contribution in [-0.4, -0.2) is 25.7 Å². The van der Waals surface area contributed by atoms with Crippen molar-refractivity contribution >= 4 is 22.6 Å². The number of anilines is 1. The Balaban J connectivity index is 1.64. The lowest BCUT2D eigenvalue weighted by molar-refractivity contribution is 0.0999. The van der Waals surface area contributed by atoms with Gasteiger partial charge in [0.05, 0.1) is 23.3 Å². The van der Waals surface area contributed by atoms with E-state index < -0.39 is 5.91 Å². The number of rotatable bonds is 5. The number of pyridine rings is 2. The number of aryl methyl sites for hydroxylation is 2. The molecule has 0 spiro atoms. The van der Waals surface area contributed by atoms with Crippen LogP contribution in [0.2, 0.25) is 0 Å². The number of primary amides is 1. The number of benzene rings is 1. The molecule has 7 heteroatoms. The summed E-state index contributed by atoms with van der Waals surface area (Å²) in [5.41, 5.74) is 17.1. The summed E-state index contributed by atoms with van der Waals surface area (Å²) >= 11 is 0. The van der Waals surface area contributed by atoms with Crippen LogP contribution in [0.25, 0.3) is 10.9 Å². The Hall–Kier alpha value is -3.74. The number of aromatic nitrogens is 4. The van der Waals surface area contributed by atoms with Gasteiger partial charge in [0.25, 0.3) is 5.91 Å². The summed E-state index contributed by atoms with van der Waals surface area (Å²) in [6, 6.07) is 13.8. The van der Waals surface area contributed by atoms with Crippen LogP contribution in [0.3, 0.4) is 0 Å². The quantitative estimate of drug-likeness (QED) is 0.548. The number of carbonyl (C=O) groups is 1. The van der Waals surface area contributed by atoms with E-state index in [2.05, 4.69) is 27.2 Å². The molecule has 146 valence electrons. The van der Waals surface area contributed by atoms with Crippen LogP contribution < -0.4 is 11.5 Å². The van der Waals surface area contributed by atoms with Gasteiger partial charge in [0, 0.05) is 29.4 Å². The number of nitrogens with two attached hydrogens (primary N) is 2. The summed E-state index contributed by atoms with van der Waals surface area (Å²) < 4.78 is 1.75. The Morgan fingerprint density at radius 2 is 1.90 bits per heavy atom. The molecule has 0 fully saturated rings. The second-order valence-corrected chi connectivity index (χ2v) is 7.19. The summed E-state index contributed by atoms with van der Waals surface area (Å²) in [7, 11) is 0. The van der Waals surface area contributed by atoms with E-state index in [4.69, 9.17) is 11.5 Å². The molecule has 7 nitrogen and oxygen atoms in total. The molecule has 0 aliphatic rings. The minimum atomic E-state index is -0.495. The van der Waals surface area contributed by atoms with Crippen molar-refractivity contribution in [2.75, 3.05) is 5.73 Å². The predicted molar refractivity (Wildman–Crippen MR) is 113 cm³/mol. The number of fused-ring (bicyclic) bond motifs is 1. The minimum absolute atomic E-state index is 0.416. The third-order valence-corrected chi connectivity index (χ3v) is 4.92. The van der Waals surface area contributed by atoms with E-state index in [1.807, 2.05) is 38.1 Å². The van der Waals surface area contributed by atoms with Gasteiger partial charge in [0.1, 0.15) is 5.82 Å². The first-order chi connectivity index (χ1) is 13.9. The van der Waals surface area contributed by atoms with E-state index in [1.54, 1.807) is 16.9 Å². The van der Waals surface area contributed by atoms with Crippen molar-refractivity contribution in [3.05, 3.63) is 82.4 Å². The zero-order valence-electron chi connectivity index (χ0n) is 16.4. The van der Waals surface area contributed by atoms with E-state index in [-0.39, 0.29) is 0 Å². The lowest BCUT2D eigenvalue weighted by Crippen LogP contribution is -2.13. The first-order valence-corrected chi connectivity index (χ1v) is 9.33. The standard InChI is InChI=1S/C22H22N6O/c1-13-3-5-17-9-15(4-7-19(17)25-13)11-28-12-18(22(24)29)20(27-28)10-16-6-8-21(23)26-14(16)2/h3-9,12H,10-11H2,1-2H3,(H2,23,26)(H2,24,29). The molecule has 4 rings (SSSR count). The highest BCUT2D eigenvalue weighted by atomic mass is 16.1. The third kappa shape index (κ3) is 3.94. The topological polar surface area (TPSA) is 113 Å². The molecule has 4 N–H and O–H groups in total. The van der Waals surface area contributed by atoms with E-state index in [0.29, 0.717) is 30.0 Å². The molecule has 29 heavy (non-hydrogen) atoms. The lowest BCUT2D eigenvalue weighted by Gasteiger charge is -2.06. The summed E-state index contributed by atoms with van der Waals surface area (Å²) in [5.74, 6) is -0.0293. The number of amides is 1. The average molecular weight is 386 g/mol. The van der Waals surface area contributed by atoms with Crippen molar-refractivity contribution in [1.29, 1.82) is 0 Å². The van der Waals surface area contributed by atoms with Gasteiger partial charge in [-0.15, -0.1) is 0 Å². The SMILES string of the molecule is Cc1ccc2cc(Cn3cc(C(N)=O)c(Cc4ccc(N)nc4C)n3)ccc2n1. The molecule has 0 aliphatic heterocycles. The Kier molecular flexibility index (Phi) is 4.72. The molecule has 1 amide bonds. The van der Waals surface area contributed by atoms with Gasteiger partial charge in [-0.25, -0.2) is 4.98 Å². The van der Waals surface area contributed by atoms with Crippen LogP contribution >= 0.6 is 0 Å². The Morgan fingerprint density at radius 1 is 1.07 bits per heavy atom. The number of carbonyl (C=O) groups excluding carboxylic acids is 1. The highest BCUT2D eigenvalue weighted by Gasteiger charge is 2.16. The maximum Gasteiger partial charge on any atom is 0.252 e. The summed E-state index contributed by atoms with van der Waals surface area (Å²) in [6.07, 6.45) is 2.17. The van der Waals surface area contributed by atoms with E-state index in [1.165, 1.54) is 0 Å². The Morgan fingerprint density at radius 3 is 2.66 bits per heavy atom. The molecule has 0 radical (unpaired) electrons. The van der Waals surface area contributed by atoms with Crippen molar-refractivity contribution in [1.82, 2.24) is 19.7 Å². The molecule has 0 saturated heterocycles. The molecular formula is C22H22N6O. The van der Waals surface area contributed by atoms with Gasteiger partial charge >= 0.3 is 0 Å². The number of hydrogen-bond donors (Lipinski definition) is 2. The molecule has 1 aromatic carbocycles. The minimum Gasteiger partial charge on any atom is -0.384 e.